The smallest absolute Gasteiger partial charge is 0.410 e. The third kappa shape index (κ3) is 4.60. The van der Waals surface area contributed by atoms with Crippen molar-refractivity contribution in [2.24, 2.45) is 5.73 Å². The topological polar surface area (TPSA) is 99.9 Å². The molecule has 1 saturated carbocycles. The highest BCUT2D eigenvalue weighted by atomic mass is 32.2. The van der Waals surface area contributed by atoms with Crippen LogP contribution in [0, 0.1) is 0 Å². The molecule has 2 atom stereocenters. The zero-order valence-electron chi connectivity index (χ0n) is 19.5. The van der Waals surface area contributed by atoms with Gasteiger partial charge < -0.3 is 26.0 Å². The Hall–Kier alpha value is -2.75. The molecule has 0 radical (unpaired) electrons. The van der Waals surface area contributed by atoms with Gasteiger partial charge >= 0.3 is 6.09 Å². The van der Waals surface area contributed by atoms with Crippen molar-refractivity contribution in [2.45, 2.75) is 49.6 Å². The van der Waals surface area contributed by atoms with Crippen molar-refractivity contribution in [3.63, 3.8) is 0 Å². The summed E-state index contributed by atoms with van der Waals surface area (Å²) in [5.41, 5.74) is 9.60. The number of benzene rings is 2. The van der Waals surface area contributed by atoms with Crippen LogP contribution in [0.4, 0.5) is 21.9 Å². The van der Waals surface area contributed by atoms with Crippen LogP contribution in [0.2, 0.25) is 0 Å². The molecule has 9 heteroatoms. The molecule has 4 N–H and O–H groups in total. The molecule has 2 aromatic rings. The average Bonchev–Trinajstić information content (AvgIpc) is 3.53. The average molecular weight is 482 g/mol. The first kappa shape index (κ1) is 23.0. The number of anilines is 3. The Labute approximate surface area is 204 Å². The Morgan fingerprint density at radius 3 is 2.79 bits per heavy atom. The summed E-state index contributed by atoms with van der Waals surface area (Å²) in [6.45, 7) is 5.14. The van der Waals surface area contributed by atoms with Gasteiger partial charge in [-0.25, -0.2) is 4.79 Å². The van der Waals surface area contributed by atoms with Crippen molar-refractivity contribution in [1.29, 1.82) is 0 Å². The Morgan fingerprint density at radius 1 is 1.24 bits per heavy atom. The van der Waals surface area contributed by atoms with E-state index in [-0.39, 0.29) is 17.9 Å². The van der Waals surface area contributed by atoms with E-state index in [9.17, 15) is 9.59 Å². The van der Waals surface area contributed by atoms with Gasteiger partial charge in [-0.2, -0.15) is 0 Å². The lowest BCUT2D eigenvalue weighted by molar-refractivity contribution is -0.117. The first-order valence-corrected chi connectivity index (χ1v) is 12.8. The van der Waals surface area contributed by atoms with E-state index in [1.165, 1.54) is 12.8 Å². The Balaban J connectivity index is 1.44. The number of nitrogens with two attached hydrogens (primary N) is 1. The van der Waals surface area contributed by atoms with Crippen LogP contribution < -0.4 is 30.9 Å². The maximum atomic E-state index is 13.4. The zero-order valence-corrected chi connectivity index (χ0v) is 20.4. The molecule has 0 spiro atoms. The lowest BCUT2D eigenvalue weighted by Gasteiger charge is -2.40. The number of nitrogens with one attached hydrogen (secondary N) is 2. The molecule has 1 fully saturated rings. The van der Waals surface area contributed by atoms with Gasteiger partial charge in [-0.3, -0.25) is 9.69 Å². The molecular formula is C25H31N5O3S. The van der Waals surface area contributed by atoms with E-state index in [1.807, 2.05) is 37.3 Å². The van der Waals surface area contributed by atoms with Crippen LogP contribution in [0.3, 0.4) is 0 Å². The molecule has 2 aromatic carbocycles. The number of fused-ring (bicyclic) bond motifs is 2. The van der Waals surface area contributed by atoms with Gasteiger partial charge in [-0.15, -0.1) is 11.8 Å². The summed E-state index contributed by atoms with van der Waals surface area (Å²) in [6, 6.07) is 12.0. The van der Waals surface area contributed by atoms with Gasteiger partial charge in [0, 0.05) is 49.1 Å². The van der Waals surface area contributed by atoms with Gasteiger partial charge in [-0.05, 0) is 55.7 Å². The van der Waals surface area contributed by atoms with Gasteiger partial charge in [0.15, 0.2) is 0 Å². The first-order chi connectivity index (χ1) is 16.4. The van der Waals surface area contributed by atoms with Crippen molar-refractivity contribution in [2.75, 3.05) is 40.6 Å². The minimum Gasteiger partial charge on any atom is -0.410 e. The standard InChI is InChI=1S/C25H31N5O3S/c1-15-13-29(25(32)33-20-6-7-21-24(10-20)34-14-28-21)23-9-17(3-8-22(23)30(15)16(2)31)18(11-26)12-27-19-4-5-19/h3,6-10,15,18-19,27-28H,4-5,11-14,26H2,1-2H3/t15-,18?/m0/s1. The molecule has 0 aromatic heterocycles. The fourth-order valence-electron chi connectivity index (χ4n) is 4.66. The Bertz CT molecular complexity index is 1110. The number of rotatable bonds is 6. The van der Waals surface area contributed by atoms with Crippen LogP contribution in [0.5, 0.6) is 5.75 Å². The number of thioether (sulfide) groups is 1. The van der Waals surface area contributed by atoms with Gasteiger partial charge in [0.05, 0.1) is 23.3 Å². The molecule has 2 heterocycles. The molecule has 2 amide bonds. The second-order valence-electron chi connectivity index (χ2n) is 9.20. The molecule has 8 nitrogen and oxygen atoms in total. The minimum absolute atomic E-state index is 0.0524. The molecular weight excluding hydrogens is 450 g/mol. The molecule has 0 saturated heterocycles. The summed E-state index contributed by atoms with van der Waals surface area (Å²) >= 11 is 1.68. The second-order valence-corrected chi connectivity index (χ2v) is 10.2. The lowest BCUT2D eigenvalue weighted by atomic mass is 9.96. The summed E-state index contributed by atoms with van der Waals surface area (Å²) in [6.07, 6.45) is 1.97. The van der Waals surface area contributed by atoms with Gasteiger partial charge in [-0.1, -0.05) is 6.07 Å². The largest absolute Gasteiger partial charge is 0.419 e. The highest BCUT2D eigenvalue weighted by Crippen LogP contribution is 2.40. The van der Waals surface area contributed by atoms with E-state index >= 15 is 0 Å². The third-order valence-electron chi connectivity index (χ3n) is 6.63. The van der Waals surface area contributed by atoms with Crippen molar-refractivity contribution in [3.8, 4) is 5.75 Å². The number of hydrogen-bond acceptors (Lipinski definition) is 7. The monoisotopic (exact) mass is 481 g/mol. The Kier molecular flexibility index (Phi) is 6.42. The van der Waals surface area contributed by atoms with Crippen LogP contribution in [0.1, 0.15) is 38.2 Å². The van der Waals surface area contributed by atoms with Crippen molar-refractivity contribution in [3.05, 3.63) is 42.0 Å². The summed E-state index contributed by atoms with van der Waals surface area (Å²) < 4.78 is 5.80. The molecule has 3 aliphatic rings. The van der Waals surface area contributed by atoms with E-state index in [0.717, 1.165) is 28.6 Å². The Morgan fingerprint density at radius 2 is 2.06 bits per heavy atom. The quantitative estimate of drug-likeness (QED) is 0.578. The van der Waals surface area contributed by atoms with Gasteiger partial charge in [0.2, 0.25) is 5.91 Å². The predicted octanol–water partition coefficient (Wildman–Crippen LogP) is 3.72. The van der Waals surface area contributed by atoms with E-state index in [1.54, 1.807) is 34.6 Å². The van der Waals surface area contributed by atoms with Gasteiger partial charge in [0.1, 0.15) is 5.75 Å². The third-order valence-corrected chi connectivity index (χ3v) is 7.57. The van der Waals surface area contributed by atoms with Crippen molar-refractivity contribution in [1.82, 2.24) is 5.32 Å². The SMILES string of the molecule is CC(=O)N1c2ccc(C(CN)CNC3CC3)cc2N(C(=O)Oc2ccc3c(c2)SCN3)C[C@@H]1C. The number of carbonyl (C=O) groups is 2. The first-order valence-electron chi connectivity index (χ1n) is 11.8. The highest BCUT2D eigenvalue weighted by Gasteiger charge is 2.35. The minimum atomic E-state index is -0.454. The van der Waals surface area contributed by atoms with E-state index in [2.05, 4.69) is 10.6 Å². The highest BCUT2D eigenvalue weighted by molar-refractivity contribution is 7.99. The van der Waals surface area contributed by atoms with Crippen molar-refractivity contribution >= 4 is 40.8 Å². The van der Waals surface area contributed by atoms with Crippen LogP contribution in [-0.4, -0.2) is 49.6 Å². The maximum absolute atomic E-state index is 13.4. The lowest BCUT2D eigenvalue weighted by Crippen LogP contribution is -2.52. The van der Waals surface area contributed by atoms with E-state index < -0.39 is 6.09 Å². The zero-order chi connectivity index (χ0) is 23.8. The molecule has 34 heavy (non-hydrogen) atoms. The number of hydrogen-bond donors (Lipinski definition) is 3. The summed E-state index contributed by atoms with van der Waals surface area (Å²) in [5.74, 6) is 1.39. The second kappa shape index (κ2) is 9.48. The van der Waals surface area contributed by atoms with E-state index in [4.69, 9.17) is 10.5 Å². The van der Waals surface area contributed by atoms with Crippen molar-refractivity contribution < 1.29 is 14.3 Å². The fraction of sp³-hybridized carbons (Fsp3) is 0.440. The van der Waals surface area contributed by atoms with Crippen LogP contribution >= 0.6 is 11.8 Å². The van der Waals surface area contributed by atoms with Gasteiger partial charge in [0.25, 0.3) is 0 Å². The molecule has 180 valence electrons. The normalized spacial score (nSPS) is 19.8. The number of nitrogens with zero attached hydrogens (tertiary/aromatic N) is 2. The maximum Gasteiger partial charge on any atom is 0.419 e. The number of amides is 2. The predicted molar refractivity (Wildman–Crippen MR) is 136 cm³/mol. The number of ether oxygens (including phenoxy) is 1. The van der Waals surface area contributed by atoms with Crippen LogP contribution in [0.15, 0.2) is 41.3 Å². The molecule has 1 unspecified atom stereocenters. The van der Waals surface area contributed by atoms with E-state index in [0.29, 0.717) is 36.3 Å². The molecule has 5 rings (SSSR count). The summed E-state index contributed by atoms with van der Waals surface area (Å²) in [7, 11) is 0. The summed E-state index contributed by atoms with van der Waals surface area (Å²) in [4.78, 5) is 30.3. The van der Waals surface area contributed by atoms with Crippen LogP contribution in [0.25, 0.3) is 0 Å². The molecule has 0 bridgehead atoms. The number of carbonyl (C=O) groups excluding carboxylic acids is 2. The van der Waals surface area contributed by atoms with Crippen LogP contribution in [-0.2, 0) is 4.79 Å². The molecule has 1 aliphatic carbocycles. The molecule has 2 aliphatic heterocycles. The fourth-order valence-corrected chi connectivity index (χ4v) is 5.54. The summed E-state index contributed by atoms with van der Waals surface area (Å²) in [5, 5.41) is 6.83.